The molecule has 0 atom stereocenters. The molecule has 72 valence electrons. The minimum Gasteiger partial charge on any atom is -0.453 e. The van der Waals surface area contributed by atoms with Crippen molar-refractivity contribution in [1.82, 2.24) is 5.32 Å². The highest BCUT2D eigenvalue weighted by Gasteiger charge is 2.26. The predicted octanol–water partition coefficient (Wildman–Crippen LogP) is 0.0331. The number of methoxy groups -OCH3 is 1. The first-order valence-corrected chi connectivity index (χ1v) is 3.99. The maximum absolute atomic E-state index is 10.9. The van der Waals surface area contributed by atoms with Crippen molar-refractivity contribution < 1.29 is 19.1 Å². The summed E-state index contributed by atoms with van der Waals surface area (Å²) in [7, 11) is 1.24. The summed E-state index contributed by atoms with van der Waals surface area (Å²) in [5.41, 5.74) is 0. The normalized spacial score (nSPS) is 18.5. The Hall–Kier alpha value is -1.39. The van der Waals surface area contributed by atoms with Crippen LogP contribution in [0.3, 0.4) is 0 Å². The number of carbonyl (C=O) groups excluding carboxylic acids is 3. The molecule has 1 aliphatic carbocycles. The molecule has 0 radical (unpaired) electrons. The fourth-order valence-corrected chi connectivity index (χ4v) is 1.31. The van der Waals surface area contributed by atoms with Gasteiger partial charge in [0, 0.05) is 18.9 Å². The molecule has 0 saturated heterocycles. The molecule has 0 aromatic rings. The lowest BCUT2D eigenvalue weighted by atomic mass is 9.93. The van der Waals surface area contributed by atoms with Crippen LogP contribution >= 0.6 is 0 Å². The fraction of sp³-hybridized carbons (Fsp3) is 0.625. The molecule has 0 unspecified atom stereocenters. The molecule has 1 amide bonds. The van der Waals surface area contributed by atoms with Gasteiger partial charge in [0.15, 0.2) is 0 Å². The lowest BCUT2D eigenvalue weighted by Crippen LogP contribution is -2.41. The van der Waals surface area contributed by atoms with Crippen molar-refractivity contribution in [3.63, 3.8) is 0 Å². The summed E-state index contributed by atoms with van der Waals surface area (Å²) in [4.78, 5) is 32.6. The Labute approximate surface area is 75.4 Å². The molecular weight excluding hydrogens is 174 g/mol. The zero-order valence-corrected chi connectivity index (χ0v) is 7.33. The zero-order chi connectivity index (χ0) is 9.84. The lowest BCUT2D eigenvalue weighted by Gasteiger charge is -2.20. The van der Waals surface area contributed by atoms with Crippen molar-refractivity contribution >= 4 is 17.7 Å². The summed E-state index contributed by atoms with van der Waals surface area (Å²) in [5, 5.41) is 2.43. The van der Waals surface area contributed by atoms with Gasteiger partial charge in [-0.15, -0.1) is 0 Å². The Morgan fingerprint density at radius 1 is 1.38 bits per heavy atom. The van der Waals surface area contributed by atoms with Gasteiger partial charge in [-0.1, -0.05) is 0 Å². The predicted molar refractivity (Wildman–Crippen MR) is 43.2 cm³/mol. The second-order valence-electron chi connectivity index (χ2n) is 3.00. The van der Waals surface area contributed by atoms with E-state index in [2.05, 4.69) is 10.1 Å². The highest BCUT2D eigenvalue weighted by molar-refractivity contribution is 6.02. The monoisotopic (exact) mass is 185 g/mol. The van der Waals surface area contributed by atoms with Gasteiger partial charge in [-0.05, 0) is 0 Å². The van der Waals surface area contributed by atoms with E-state index in [0.717, 1.165) is 0 Å². The standard InChI is InChI=1S/C8H11NO4/c1-13-8(12)9-5-2-6(10)4-7(11)3-5/h5H,2-4H2,1H3,(H,9,12). The molecule has 5 nitrogen and oxygen atoms in total. The number of ketones is 2. The first-order chi connectivity index (χ1) is 6.11. The number of carbonyl (C=O) groups is 3. The molecule has 0 aromatic heterocycles. The molecule has 1 rings (SSSR count). The van der Waals surface area contributed by atoms with Crippen LogP contribution in [0.5, 0.6) is 0 Å². The van der Waals surface area contributed by atoms with Crippen molar-refractivity contribution in [3.8, 4) is 0 Å². The molecule has 0 spiro atoms. The van der Waals surface area contributed by atoms with Gasteiger partial charge in [0.1, 0.15) is 11.6 Å². The van der Waals surface area contributed by atoms with Gasteiger partial charge in [-0.2, -0.15) is 0 Å². The van der Waals surface area contributed by atoms with E-state index in [1.807, 2.05) is 0 Å². The highest BCUT2D eigenvalue weighted by atomic mass is 16.5. The second-order valence-corrected chi connectivity index (χ2v) is 3.00. The molecule has 0 heterocycles. The molecule has 1 N–H and O–H groups in total. The Balaban J connectivity index is 2.46. The van der Waals surface area contributed by atoms with E-state index < -0.39 is 6.09 Å². The molecule has 1 fully saturated rings. The van der Waals surface area contributed by atoms with Gasteiger partial charge < -0.3 is 10.1 Å². The minimum atomic E-state index is -0.604. The Kier molecular flexibility index (Phi) is 3.00. The first-order valence-electron chi connectivity index (χ1n) is 3.99. The first kappa shape index (κ1) is 9.70. The average Bonchev–Trinajstić information content (AvgIpc) is 2.02. The lowest BCUT2D eigenvalue weighted by molar-refractivity contribution is -0.130. The van der Waals surface area contributed by atoms with Crippen LogP contribution in [-0.4, -0.2) is 30.8 Å². The van der Waals surface area contributed by atoms with E-state index in [4.69, 9.17) is 0 Å². The third-order valence-corrected chi connectivity index (χ3v) is 1.85. The summed E-state index contributed by atoms with van der Waals surface area (Å²) in [6.07, 6.45) is -0.159. The largest absolute Gasteiger partial charge is 0.453 e. The van der Waals surface area contributed by atoms with Gasteiger partial charge in [-0.25, -0.2) is 4.79 Å². The molecule has 0 bridgehead atoms. The summed E-state index contributed by atoms with van der Waals surface area (Å²) in [5.74, 6) is -0.254. The second kappa shape index (κ2) is 4.02. The number of alkyl carbamates (subject to hydrolysis) is 1. The molecule has 5 heteroatoms. The van der Waals surface area contributed by atoms with Gasteiger partial charge in [0.2, 0.25) is 0 Å². The third-order valence-electron chi connectivity index (χ3n) is 1.85. The number of hydrogen-bond donors (Lipinski definition) is 1. The van der Waals surface area contributed by atoms with E-state index in [1.165, 1.54) is 7.11 Å². The van der Waals surface area contributed by atoms with Crippen molar-refractivity contribution in [1.29, 1.82) is 0 Å². The van der Waals surface area contributed by atoms with Crippen LogP contribution in [0, 0.1) is 0 Å². The number of hydrogen-bond acceptors (Lipinski definition) is 4. The number of amides is 1. The van der Waals surface area contributed by atoms with Crippen LogP contribution in [0.2, 0.25) is 0 Å². The minimum absolute atomic E-state index is 0.000642. The molecule has 1 saturated carbocycles. The van der Waals surface area contributed by atoms with E-state index in [0.29, 0.717) is 0 Å². The van der Waals surface area contributed by atoms with Crippen molar-refractivity contribution in [3.05, 3.63) is 0 Å². The van der Waals surface area contributed by atoms with Gasteiger partial charge in [0.25, 0.3) is 0 Å². The van der Waals surface area contributed by atoms with Crippen LogP contribution in [0.25, 0.3) is 0 Å². The van der Waals surface area contributed by atoms with E-state index >= 15 is 0 Å². The Bertz CT molecular complexity index is 233. The average molecular weight is 185 g/mol. The molecular formula is C8H11NO4. The number of nitrogens with one attached hydrogen (secondary N) is 1. The van der Waals surface area contributed by atoms with Crippen molar-refractivity contribution in [2.45, 2.75) is 25.3 Å². The number of rotatable bonds is 1. The van der Waals surface area contributed by atoms with E-state index in [9.17, 15) is 14.4 Å². The smallest absolute Gasteiger partial charge is 0.407 e. The molecule has 0 aromatic carbocycles. The van der Waals surface area contributed by atoms with Crippen LogP contribution in [0.1, 0.15) is 19.3 Å². The van der Waals surface area contributed by atoms with Gasteiger partial charge in [-0.3, -0.25) is 9.59 Å². The number of Topliss-reactive ketones (excluding diaryl/α,β-unsaturated/α-hetero) is 2. The maximum atomic E-state index is 10.9. The quantitative estimate of drug-likeness (QED) is 0.585. The zero-order valence-electron chi connectivity index (χ0n) is 7.33. The van der Waals surface area contributed by atoms with E-state index in [1.54, 1.807) is 0 Å². The molecule has 1 aliphatic rings. The van der Waals surface area contributed by atoms with Crippen LogP contribution in [0.4, 0.5) is 4.79 Å². The van der Waals surface area contributed by atoms with Crippen molar-refractivity contribution in [2.75, 3.05) is 7.11 Å². The van der Waals surface area contributed by atoms with Gasteiger partial charge >= 0.3 is 6.09 Å². The fourth-order valence-electron chi connectivity index (χ4n) is 1.31. The Morgan fingerprint density at radius 3 is 2.38 bits per heavy atom. The Morgan fingerprint density at radius 2 is 1.92 bits per heavy atom. The summed E-state index contributed by atoms with van der Waals surface area (Å²) in [6.45, 7) is 0. The highest BCUT2D eigenvalue weighted by Crippen LogP contribution is 2.11. The van der Waals surface area contributed by atoms with E-state index in [-0.39, 0.29) is 36.9 Å². The molecule has 13 heavy (non-hydrogen) atoms. The summed E-state index contributed by atoms with van der Waals surface area (Å²) in [6, 6.07) is -0.388. The van der Waals surface area contributed by atoms with Crippen LogP contribution in [-0.2, 0) is 14.3 Å². The maximum Gasteiger partial charge on any atom is 0.407 e. The molecule has 0 aliphatic heterocycles. The third kappa shape index (κ3) is 2.85. The van der Waals surface area contributed by atoms with Crippen LogP contribution in [0.15, 0.2) is 0 Å². The SMILES string of the molecule is COC(=O)NC1CC(=O)CC(=O)C1. The van der Waals surface area contributed by atoms with Gasteiger partial charge in [0.05, 0.1) is 13.5 Å². The summed E-state index contributed by atoms with van der Waals surface area (Å²) < 4.78 is 4.35. The number of ether oxygens (including phenoxy) is 1. The topological polar surface area (TPSA) is 72.5 Å². The van der Waals surface area contributed by atoms with Crippen LogP contribution < -0.4 is 5.32 Å². The van der Waals surface area contributed by atoms with Crippen molar-refractivity contribution in [2.24, 2.45) is 0 Å². The summed E-state index contributed by atoms with van der Waals surface area (Å²) >= 11 is 0.